The zero-order valence-corrected chi connectivity index (χ0v) is 11.8. The van der Waals surface area contributed by atoms with Crippen LogP contribution in [0.1, 0.15) is 38.5 Å². The quantitative estimate of drug-likeness (QED) is 0.815. The molecule has 0 aromatic heterocycles. The summed E-state index contributed by atoms with van der Waals surface area (Å²) in [6.45, 7) is 0.527. The summed E-state index contributed by atoms with van der Waals surface area (Å²) in [4.78, 5) is 13.8. The number of carbonyl (C=O) groups excluding carboxylic acids is 1. The largest absolute Gasteiger partial charge is 0.342 e. The van der Waals surface area contributed by atoms with E-state index in [1.165, 1.54) is 38.5 Å². The van der Waals surface area contributed by atoms with Crippen LogP contribution in [0.2, 0.25) is 0 Å². The van der Waals surface area contributed by atoms with E-state index in [9.17, 15) is 4.79 Å². The molecule has 1 N–H and O–H groups in total. The van der Waals surface area contributed by atoms with Crippen LogP contribution < -0.4 is 5.32 Å². The van der Waals surface area contributed by atoms with Crippen LogP contribution in [-0.4, -0.2) is 48.0 Å². The number of hydrogen-bond donors (Lipinski definition) is 1. The van der Waals surface area contributed by atoms with E-state index >= 15 is 0 Å². The Balaban J connectivity index is 1.68. The molecule has 0 bridgehead atoms. The first-order valence-electron chi connectivity index (χ1n) is 6.72. The van der Waals surface area contributed by atoms with Gasteiger partial charge in [-0.3, -0.25) is 4.79 Å². The smallest absolute Gasteiger partial charge is 0.236 e. The molecule has 0 aromatic carbocycles. The molecular formula is C13H24N2OS. The van der Waals surface area contributed by atoms with Crippen molar-refractivity contribution in [2.75, 3.05) is 19.8 Å². The highest BCUT2D eigenvalue weighted by atomic mass is 32.2. The van der Waals surface area contributed by atoms with Gasteiger partial charge in [0.1, 0.15) is 0 Å². The number of rotatable bonds is 5. The molecule has 2 aliphatic rings. The highest BCUT2D eigenvalue weighted by molar-refractivity contribution is 7.99. The lowest BCUT2D eigenvalue weighted by Gasteiger charge is -2.29. The third-order valence-corrected chi connectivity index (χ3v) is 5.08. The monoisotopic (exact) mass is 256 g/mol. The molecule has 2 saturated carbocycles. The van der Waals surface area contributed by atoms with Crippen molar-refractivity contribution in [3.05, 3.63) is 0 Å². The molecule has 2 fully saturated rings. The van der Waals surface area contributed by atoms with Gasteiger partial charge in [0, 0.05) is 24.4 Å². The van der Waals surface area contributed by atoms with Crippen molar-refractivity contribution in [3.8, 4) is 0 Å². The Kier molecular flexibility index (Phi) is 4.74. The molecule has 0 aromatic rings. The Labute approximate surface area is 109 Å². The van der Waals surface area contributed by atoms with Crippen LogP contribution in [0.15, 0.2) is 0 Å². The minimum absolute atomic E-state index is 0.263. The van der Waals surface area contributed by atoms with Gasteiger partial charge in [-0.2, -0.15) is 11.8 Å². The average Bonchev–Trinajstić information content (AvgIpc) is 3.19. The van der Waals surface area contributed by atoms with Gasteiger partial charge in [-0.25, -0.2) is 0 Å². The van der Waals surface area contributed by atoms with Gasteiger partial charge in [0.2, 0.25) is 5.91 Å². The number of thioether (sulfide) groups is 1. The van der Waals surface area contributed by atoms with Crippen LogP contribution in [0, 0.1) is 0 Å². The third-order valence-electron chi connectivity index (χ3n) is 3.99. The SMILES string of the molecule is CSC1CCCC(NCC(=O)N(C)C2CC2)C1. The van der Waals surface area contributed by atoms with E-state index in [2.05, 4.69) is 11.6 Å². The molecule has 2 rings (SSSR count). The number of nitrogens with one attached hydrogen (secondary N) is 1. The summed E-state index contributed by atoms with van der Waals surface area (Å²) < 4.78 is 0. The second-order valence-electron chi connectivity index (χ2n) is 5.34. The summed E-state index contributed by atoms with van der Waals surface area (Å²) in [5.41, 5.74) is 0. The normalized spacial score (nSPS) is 29.1. The molecule has 0 spiro atoms. The first-order valence-corrected chi connectivity index (χ1v) is 8.01. The second kappa shape index (κ2) is 6.10. The first kappa shape index (κ1) is 13.2. The highest BCUT2D eigenvalue weighted by Gasteiger charge is 2.29. The van der Waals surface area contributed by atoms with Gasteiger partial charge in [-0.05, 0) is 38.4 Å². The van der Waals surface area contributed by atoms with Crippen molar-refractivity contribution in [3.63, 3.8) is 0 Å². The maximum absolute atomic E-state index is 11.9. The van der Waals surface area contributed by atoms with Gasteiger partial charge in [-0.15, -0.1) is 0 Å². The van der Waals surface area contributed by atoms with Crippen molar-refractivity contribution >= 4 is 17.7 Å². The molecule has 1 amide bonds. The van der Waals surface area contributed by atoms with Crippen molar-refractivity contribution in [1.82, 2.24) is 10.2 Å². The number of hydrogen-bond acceptors (Lipinski definition) is 3. The fraction of sp³-hybridized carbons (Fsp3) is 0.923. The van der Waals surface area contributed by atoms with Crippen LogP contribution in [0.4, 0.5) is 0 Å². The number of amides is 1. The van der Waals surface area contributed by atoms with Gasteiger partial charge in [0.15, 0.2) is 0 Å². The molecule has 0 heterocycles. The molecule has 0 saturated heterocycles. The van der Waals surface area contributed by atoms with E-state index in [-0.39, 0.29) is 5.91 Å². The highest BCUT2D eigenvalue weighted by Crippen LogP contribution is 2.27. The van der Waals surface area contributed by atoms with Crippen molar-refractivity contribution in [2.45, 2.75) is 55.9 Å². The molecule has 2 atom stereocenters. The van der Waals surface area contributed by atoms with Crippen molar-refractivity contribution < 1.29 is 4.79 Å². The third kappa shape index (κ3) is 3.88. The Morgan fingerprint density at radius 1 is 1.35 bits per heavy atom. The Morgan fingerprint density at radius 3 is 2.76 bits per heavy atom. The van der Waals surface area contributed by atoms with Crippen LogP contribution in [0.25, 0.3) is 0 Å². The molecule has 2 unspecified atom stereocenters. The fourth-order valence-electron chi connectivity index (χ4n) is 2.57. The topological polar surface area (TPSA) is 32.3 Å². The van der Waals surface area contributed by atoms with E-state index in [0.29, 0.717) is 18.6 Å². The first-order chi connectivity index (χ1) is 8.20. The Hall–Kier alpha value is -0.220. The summed E-state index contributed by atoms with van der Waals surface area (Å²) >= 11 is 1.97. The lowest BCUT2D eigenvalue weighted by atomic mass is 9.95. The summed E-state index contributed by atoms with van der Waals surface area (Å²) in [5, 5.41) is 4.23. The molecule has 98 valence electrons. The van der Waals surface area contributed by atoms with Crippen LogP contribution in [0.5, 0.6) is 0 Å². The molecule has 0 aliphatic heterocycles. The Morgan fingerprint density at radius 2 is 2.12 bits per heavy atom. The number of nitrogens with zero attached hydrogens (tertiary/aromatic N) is 1. The van der Waals surface area contributed by atoms with Gasteiger partial charge in [0.25, 0.3) is 0 Å². The summed E-state index contributed by atoms with van der Waals surface area (Å²) in [5.74, 6) is 0.263. The maximum atomic E-state index is 11.9. The molecule has 4 heteroatoms. The predicted octanol–water partition coefficient (Wildman–Crippen LogP) is 1.87. The number of carbonyl (C=O) groups is 1. The molecule has 2 aliphatic carbocycles. The summed E-state index contributed by atoms with van der Waals surface area (Å²) in [6.07, 6.45) is 9.68. The van der Waals surface area contributed by atoms with E-state index in [1.807, 2.05) is 23.7 Å². The predicted molar refractivity (Wildman–Crippen MR) is 73.4 cm³/mol. The van der Waals surface area contributed by atoms with Crippen LogP contribution >= 0.6 is 11.8 Å². The second-order valence-corrected chi connectivity index (χ2v) is 6.48. The Bertz CT molecular complexity index is 268. The maximum Gasteiger partial charge on any atom is 0.236 e. The molecule has 3 nitrogen and oxygen atoms in total. The van der Waals surface area contributed by atoms with E-state index in [4.69, 9.17) is 0 Å². The minimum atomic E-state index is 0.263. The van der Waals surface area contributed by atoms with Crippen molar-refractivity contribution in [1.29, 1.82) is 0 Å². The van der Waals surface area contributed by atoms with Crippen LogP contribution in [-0.2, 0) is 4.79 Å². The molecular weight excluding hydrogens is 232 g/mol. The van der Waals surface area contributed by atoms with Gasteiger partial charge in [0.05, 0.1) is 6.54 Å². The summed E-state index contributed by atoms with van der Waals surface area (Å²) in [7, 11) is 1.94. The van der Waals surface area contributed by atoms with E-state index in [1.54, 1.807) is 0 Å². The van der Waals surface area contributed by atoms with Gasteiger partial charge < -0.3 is 10.2 Å². The lowest BCUT2D eigenvalue weighted by molar-refractivity contribution is -0.129. The van der Waals surface area contributed by atoms with E-state index < -0.39 is 0 Å². The lowest BCUT2D eigenvalue weighted by Crippen LogP contribution is -2.43. The zero-order chi connectivity index (χ0) is 12.3. The van der Waals surface area contributed by atoms with Gasteiger partial charge in [-0.1, -0.05) is 6.42 Å². The average molecular weight is 256 g/mol. The standard InChI is InChI=1S/C13H24N2OS/c1-15(11-6-7-11)13(16)9-14-10-4-3-5-12(8-10)17-2/h10-12,14H,3-9H2,1-2H3. The number of likely N-dealkylation sites (N-methyl/N-ethyl adjacent to an activating group) is 1. The summed E-state index contributed by atoms with van der Waals surface area (Å²) in [6, 6.07) is 1.09. The molecule has 17 heavy (non-hydrogen) atoms. The van der Waals surface area contributed by atoms with Gasteiger partial charge >= 0.3 is 0 Å². The van der Waals surface area contributed by atoms with Crippen molar-refractivity contribution in [2.24, 2.45) is 0 Å². The minimum Gasteiger partial charge on any atom is -0.342 e. The zero-order valence-electron chi connectivity index (χ0n) is 10.9. The fourth-order valence-corrected chi connectivity index (χ4v) is 3.39. The van der Waals surface area contributed by atoms with E-state index in [0.717, 1.165) is 5.25 Å². The van der Waals surface area contributed by atoms with Crippen LogP contribution in [0.3, 0.4) is 0 Å². The molecule has 0 radical (unpaired) electrons.